The molecule has 0 aromatic heterocycles. The second-order valence-corrected chi connectivity index (χ2v) is 3.95. The molecule has 3 heteroatoms. The molecule has 0 heterocycles. The summed E-state index contributed by atoms with van der Waals surface area (Å²) in [6.07, 6.45) is 0.644. The van der Waals surface area contributed by atoms with Gasteiger partial charge < -0.3 is 15.7 Å². The van der Waals surface area contributed by atoms with Gasteiger partial charge >= 0.3 is 0 Å². The topological polar surface area (TPSA) is 49.5 Å². The summed E-state index contributed by atoms with van der Waals surface area (Å²) >= 11 is 0. The van der Waals surface area contributed by atoms with Gasteiger partial charge in [-0.3, -0.25) is 0 Å². The Kier molecular flexibility index (Phi) is 4.59. The van der Waals surface area contributed by atoms with E-state index < -0.39 is 6.10 Å². The summed E-state index contributed by atoms with van der Waals surface area (Å²) in [7, 11) is 2.01. The van der Waals surface area contributed by atoms with E-state index in [-0.39, 0.29) is 0 Å². The molecule has 0 aliphatic heterocycles. The Labute approximate surface area is 91.5 Å². The third kappa shape index (κ3) is 3.90. The first-order valence-corrected chi connectivity index (χ1v) is 5.35. The summed E-state index contributed by atoms with van der Waals surface area (Å²) in [5, 5.41) is 9.94. The fourth-order valence-electron chi connectivity index (χ4n) is 1.64. The van der Waals surface area contributed by atoms with Gasteiger partial charge in [0, 0.05) is 12.2 Å². The highest BCUT2D eigenvalue weighted by atomic mass is 16.3. The van der Waals surface area contributed by atoms with Crippen molar-refractivity contribution in [2.45, 2.75) is 19.4 Å². The number of hydrogen-bond donors (Lipinski definition) is 2. The maximum absolute atomic E-state index is 9.94. The highest BCUT2D eigenvalue weighted by Crippen LogP contribution is 2.16. The average molecular weight is 208 g/mol. The van der Waals surface area contributed by atoms with Crippen molar-refractivity contribution in [2.75, 3.05) is 25.9 Å². The lowest BCUT2D eigenvalue weighted by molar-refractivity contribution is 0.127. The molecule has 3 N–H and O–H groups in total. The van der Waals surface area contributed by atoms with Crippen LogP contribution in [-0.2, 0) is 0 Å². The molecule has 0 radical (unpaired) electrons. The van der Waals surface area contributed by atoms with Crippen molar-refractivity contribution < 1.29 is 5.11 Å². The number of nitrogen functional groups attached to an aromatic ring is 1. The molecule has 0 aliphatic carbocycles. The highest BCUT2D eigenvalue weighted by Gasteiger charge is 2.09. The lowest BCUT2D eigenvalue weighted by atomic mass is 10.1. The molecular formula is C12H20N2O. The number of aliphatic hydroxyl groups excluding tert-OH is 1. The Morgan fingerprint density at radius 3 is 2.80 bits per heavy atom. The summed E-state index contributed by atoms with van der Waals surface area (Å²) in [6.45, 7) is 3.78. The van der Waals surface area contributed by atoms with Gasteiger partial charge in [0.25, 0.3) is 0 Å². The molecule has 0 saturated heterocycles. The highest BCUT2D eigenvalue weighted by molar-refractivity contribution is 5.41. The summed E-state index contributed by atoms with van der Waals surface area (Å²) in [4.78, 5) is 2.12. The normalized spacial score (nSPS) is 13.1. The molecule has 0 bridgehead atoms. The molecule has 1 unspecified atom stereocenters. The van der Waals surface area contributed by atoms with Crippen molar-refractivity contribution >= 4 is 5.69 Å². The molecule has 0 amide bonds. The lowest BCUT2D eigenvalue weighted by Gasteiger charge is -2.20. The van der Waals surface area contributed by atoms with Crippen LogP contribution < -0.4 is 5.73 Å². The molecule has 0 spiro atoms. The van der Waals surface area contributed by atoms with Crippen LogP contribution >= 0.6 is 0 Å². The Morgan fingerprint density at radius 2 is 2.20 bits per heavy atom. The molecule has 84 valence electrons. The lowest BCUT2D eigenvalue weighted by Crippen LogP contribution is -2.25. The van der Waals surface area contributed by atoms with Gasteiger partial charge in [0.1, 0.15) is 0 Å². The summed E-state index contributed by atoms with van der Waals surface area (Å²) in [6, 6.07) is 7.42. The molecule has 1 atom stereocenters. The van der Waals surface area contributed by atoms with Crippen molar-refractivity contribution in [3.63, 3.8) is 0 Å². The first-order chi connectivity index (χ1) is 7.13. The van der Waals surface area contributed by atoms with Crippen molar-refractivity contribution in [3.05, 3.63) is 29.8 Å². The Hall–Kier alpha value is -1.06. The van der Waals surface area contributed by atoms with Gasteiger partial charge in [0.15, 0.2) is 0 Å². The zero-order chi connectivity index (χ0) is 11.3. The van der Waals surface area contributed by atoms with E-state index in [9.17, 15) is 5.11 Å². The van der Waals surface area contributed by atoms with Crippen molar-refractivity contribution in [1.29, 1.82) is 0 Å². The third-order valence-electron chi connectivity index (χ3n) is 2.39. The third-order valence-corrected chi connectivity index (χ3v) is 2.39. The van der Waals surface area contributed by atoms with Gasteiger partial charge in [-0.15, -0.1) is 0 Å². The number of nitrogens with zero attached hydrogens (tertiary/aromatic N) is 1. The van der Waals surface area contributed by atoms with Crippen LogP contribution in [-0.4, -0.2) is 30.1 Å². The molecule has 1 aromatic carbocycles. The SMILES string of the molecule is CCCN(C)CC(O)c1cccc(N)c1. The Bertz CT molecular complexity index is 301. The van der Waals surface area contributed by atoms with Gasteiger partial charge in [-0.05, 0) is 37.7 Å². The second kappa shape index (κ2) is 5.73. The molecule has 0 fully saturated rings. The minimum Gasteiger partial charge on any atom is -0.399 e. The average Bonchev–Trinajstić information content (AvgIpc) is 2.18. The summed E-state index contributed by atoms with van der Waals surface area (Å²) in [5.74, 6) is 0. The van der Waals surface area contributed by atoms with E-state index in [1.165, 1.54) is 0 Å². The van der Waals surface area contributed by atoms with Crippen LogP contribution in [0.2, 0.25) is 0 Å². The van der Waals surface area contributed by atoms with Gasteiger partial charge in [-0.25, -0.2) is 0 Å². The predicted molar refractivity (Wildman–Crippen MR) is 63.6 cm³/mol. The Morgan fingerprint density at radius 1 is 1.47 bits per heavy atom. The molecule has 15 heavy (non-hydrogen) atoms. The number of likely N-dealkylation sites (N-methyl/N-ethyl adjacent to an activating group) is 1. The quantitative estimate of drug-likeness (QED) is 0.723. The minimum absolute atomic E-state index is 0.454. The van der Waals surface area contributed by atoms with Crippen molar-refractivity contribution in [1.82, 2.24) is 4.90 Å². The molecule has 0 aliphatic rings. The molecule has 0 saturated carbocycles. The summed E-state index contributed by atoms with van der Waals surface area (Å²) in [5.41, 5.74) is 7.25. The Balaban J connectivity index is 2.56. The largest absolute Gasteiger partial charge is 0.399 e. The van der Waals surface area contributed by atoms with E-state index in [4.69, 9.17) is 5.73 Å². The van der Waals surface area contributed by atoms with Crippen molar-refractivity contribution in [2.24, 2.45) is 0 Å². The van der Waals surface area contributed by atoms with Crippen LogP contribution in [0.5, 0.6) is 0 Å². The fourth-order valence-corrected chi connectivity index (χ4v) is 1.64. The van der Waals surface area contributed by atoms with Gasteiger partial charge in [0.05, 0.1) is 6.10 Å². The van der Waals surface area contributed by atoms with E-state index in [1.807, 2.05) is 31.3 Å². The van der Waals surface area contributed by atoms with Crippen molar-refractivity contribution in [3.8, 4) is 0 Å². The number of rotatable bonds is 5. The van der Waals surface area contributed by atoms with Crippen LogP contribution in [0, 0.1) is 0 Å². The van der Waals surface area contributed by atoms with E-state index in [0.29, 0.717) is 12.2 Å². The monoisotopic (exact) mass is 208 g/mol. The van der Waals surface area contributed by atoms with E-state index in [1.54, 1.807) is 0 Å². The number of aliphatic hydroxyl groups is 1. The van der Waals surface area contributed by atoms with E-state index in [2.05, 4.69) is 11.8 Å². The van der Waals surface area contributed by atoms with E-state index in [0.717, 1.165) is 18.5 Å². The zero-order valence-electron chi connectivity index (χ0n) is 9.48. The number of nitrogens with two attached hydrogens (primary N) is 1. The predicted octanol–water partition coefficient (Wildman–Crippen LogP) is 1.64. The minimum atomic E-state index is -0.454. The number of benzene rings is 1. The smallest absolute Gasteiger partial charge is 0.0917 e. The van der Waals surface area contributed by atoms with Crippen LogP contribution in [0.25, 0.3) is 0 Å². The van der Waals surface area contributed by atoms with Crippen LogP contribution in [0.1, 0.15) is 25.0 Å². The van der Waals surface area contributed by atoms with Gasteiger partial charge in [0.2, 0.25) is 0 Å². The fraction of sp³-hybridized carbons (Fsp3) is 0.500. The van der Waals surface area contributed by atoms with Gasteiger partial charge in [-0.2, -0.15) is 0 Å². The van der Waals surface area contributed by atoms with Crippen LogP contribution in [0.3, 0.4) is 0 Å². The van der Waals surface area contributed by atoms with E-state index >= 15 is 0 Å². The van der Waals surface area contributed by atoms with Crippen LogP contribution in [0.4, 0.5) is 5.69 Å². The summed E-state index contributed by atoms with van der Waals surface area (Å²) < 4.78 is 0. The number of anilines is 1. The van der Waals surface area contributed by atoms with Crippen LogP contribution in [0.15, 0.2) is 24.3 Å². The van der Waals surface area contributed by atoms with Gasteiger partial charge in [-0.1, -0.05) is 19.1 Å². The first kappa shape index (κ1) is 12.0. The molecule has 1 rings (SSSR count). The first-order valence-electron chi connectivity index (χ1n) is 5.35. The molecular weight excluding hydrogens is 188 g/mol. The number of hydrogen-bond acceptors (Lipinski definition) is 3. The maximum Gasteiger partial charge on any atom is 0.0917 e. The molecule has 1 aromatic rings. The standard InChI is InChI=1S/C12H20N2O/c1-3-7-14(2)9-12(15)10-5-4-6-11(13)8-10/h4-6,8,12,15H,3,7,9,13H2,1-2H3. The zero-order valence-corrected chi connectivity index (χ0v) is 9.48. The molecule has 3 nitrogen and oxygen atoms in total. The second-order valence-electron chi connectivity index (χ2n) is 3.95. The maximum atomic E-state index is 9.94.